The van der Waals surface area contributed by atoms with Crippen molar-refractivity contribution in [1.29, 1.82) is 0 Å². The van der Waals surface area contributed by atoms with Crippen LogP contribution in [0.1, 0.15) is 26.7 Å². The summed E-state index contributed by atoms with van der Waals surface area (Å²) in [6.07, 6.45) is 2.41. The molecule has 3 N–H and O–H groups in total. The standard InChI is InChI=1S/C10H21NO3/c1-7-3-9(4-8(2)14-7)11-10(5-12)6-13/h7-13H,3-6H2,1-2H3. The van der Waals surface area contributed by atoms with E-state index in [4.69, 9.17) is 14.9 Å². The van der Waals surface area contributed by atoms with E-state index >= 15 is 0 Å². The van der Waals surface area contributed by atoms with E-state index in [1.165, 1.54) is 0 Å². The molecule has 84 valence electrons. The molecule has 0 aliphatic carbocycles. The first-order valence-electron chi connectivity index (χ1n) is 5.29. The van der Waals surface area contributed by atoms with E-state index < -0.39 is 0 Å². The third-order valence-electron chi connectivity index (χ3n) is 2.61. The highest BCUT2D eigenvalue weighted by molar-refractivity contribution is 4.81. The summed E-state index contributed by atoms with van der Waals surface area (Å²) < 4.78 is 5.60. The Bertz CT molecular complexity index is 151. The summed E-state index contributed by atoms with van der Waals surface area (Å²) in [5.74, 6) is 0. The van der Waals surface area contributed by atoms with Crippen LogP contribution in [-0.4, -0.2) is 47.7 Å². The largest absolute Gasteiger partial charge is 0.395 e. The van der Waals surface area contributed by atoms with Crippen LogP contribution in [0.3, 0.4) is 0 Å². The molecule has 0 aromatic rings. The first-order chi connectivity index (χ1) is 6.65. The van der Waals surface area contributed by atoms with Crippen molar-refractivity contribution in [2.75, 3.05) is 13.2 Å². The molecule has 1 heterocycles. The van der Waals surface area contributed by atoms with Gasteiger partial charge in [-0.05, 0) is 26.7 Å². The molecule has 0 spiro atoms. The average molecular weight is 203 g/mol. The van der Waals surface area contributed by atoms with Crippen LogP contribution in [-0.2, 0) is 4.74 Å². The van der Waals surface area contributed by atoms with E-state index in [1.807, 2.05) is 0 Å². The molecule has 0 aromatic carbocycles. The van der Waals surface area contributed by atoms with E-state index in [1.54, 1.807) is 0 Å². The van der Waals surface area contributed by atoms with Crippen molar-refractivity contribution >= 4 is 0 Å². The zero-order valence-electron chi connectivity index (χ0n) is 8.94. The molecule has 0 aromatic heterocycles. The maximum Gasteiger partial charge on any atom is 0.0607 e. The number of nitrogens with one attached hydrogen (secondary N) is 1. The second kappa shape index (κ2) is 5.66. The summed E-state index contributed by atoms with van der Waals surface area (Å²) in [6, 6.07) is 0.149. The first kappa shape index (κ1) is 11.9. The van der Waals surface area contributed by atoms with E-state index in [0.29, 0.717) is 6.04 Å². The molecule has 0 bridgehead atoms. The van der Waals surface area contributed by atoms with Gasteiger partial charge in [-0.2, -0.15) is 0 Å². The van der Waals surface area contributed by atoms with Gasteiger partial charge in [-0.25, -0.2) is 0 Å². The Morgan fingerprint density at radius 2 is 1.71 bits per heavy atom. The number of aliphatic hydroxyl groups excluding tert-OH is 2. The van der Waals surface area contributed by atoms with Gasteiger partial charge in [0.15, 0.2) is 0 Å². The Balaban J connectivity index is 2.35. The number of ether oxygens (including phenoxy) is 1. The second-order valence-corrected chi connectivity index (χ2v) is 4.15. The van der Waals surface area contributed by atoms with Crippen LogP contribution in [0.2, 0.25) is 0 Å². The molecule has 2 unspecified atom stereocenters. The molecule has 0 saturated carbocycles. The van der Waals surface area contributed by atoms with Crippen molar-refractivity contribution in [3.05, 3.63) is 0 Å². The highest BCUT2D eigenvalue weighted by atomic mass is 16.5. The molecule has 1 aliphatic rings. The van der Waals surface area contributed by atoms with Crippen LogP contribution in [0, 0.1) is 0 Å². The topological polar surface area (TPSA) is 61.7 Å². The summed E-state index contributed by atoms with van der Waals surface area (Å²) in [7, 11) is 0. The summed E-state index contributed by atoms with van der Waals surface area (Å²) in [5, 5.41) is 21.1. The quantitative estimate of drug-likeness (QED) is 0.596. The summed E-state index contributed by atoms with van der Waals surface area (Å²) in [6.45, 7) is 4.07. The van der Waals surface area contributed by atoms with Gasteiger partial charge in [0.25, 0.3) is 0 Å². The lowest BCUT2D eigenvalue weighted by Gasteiger charge is -2.34. The first-order valence-corrected chi connectivity index (χ1v) is 5.29. The van der Waals surface area contributed by atoms with Gasteiger partial charge in [0.05, 0.1) is 31.5 Å². The van der Waals surface area contributed by atoms with Gasteiger partial charge in [0.2, 0.25) is 0 Å². The van der Waals surface area contributed by atoms with E-state index in [9.17, 15) is 0 Å². The zero-order valence-corrected chi connectivity index (χ0v) is 8.94. The minimum absolute atomic E-state index is 0.0172. The Labute approximate surface area is 85.3 Å². The Kier molecular flexibility index (Phi) is 4.81. The van der Waals surface area contributed by atoms with Crippen molar-refractivity contribution in [1.82, 2.24) is 5.32 Å². The third-order valence-corrected chi connectivity index (χ3v) is 2.61. The SMILES string of the molecule is CC1CC(NC(CO)CO)CC(C)O1. The van der Waals surface area contributed by atoms with Crippen LogP contribution in [0.4, 0.5) is 0 Å². The molecule has 1 aliphatic heterocycles. The fraction of sp³-hybridized carbons (Fsp3) is 1.00. The Morgan fingerprint density at radius 1 is 1.21 bits per heavy atom. The lowest BCUT2D eigenvalue weighted by molar-refractivity contribution is -0.0455. The lowest BCUT2D eigenvalue weighted by atomic mass is 9.99. The van der Waals surface area contributed by atoms with Gasteiger partial charge in [0.1, 0.15) is 0 Å². The molecule has 1 saturated heterocycles. The molecule has 0 amide bonds. The van der Waals surface area contributed by atoms with Crippen LogP contribution in [0.5, 0.6) is 0 Å². The van der Waals surface area contributed by atoms with Crippen molar-refractivity contribution < 1.29 is 14.9 Å². The normalized spacial score (nSPS) is 33.6. The van der Waals surface area contributed by atoms with Gasteiger partial charge in [-0.1, -0.05) is 0 Å². The number of hydrogen-bond acceptors (Lipinski definition) is 4. The molecule has 14 heavy (non-hydrogen) atoms. The number of aliphatic hydroxyl groups is 2. The number of hydrogen-bond donors (Lipinski definition) is 3. The predicted molar refractivity (Wildman–Crippen MR) is 54.1 cm³/mol. The average Bonchev–Trinajstić information content (AvgIpc) is 2.12. The minimum Gasteiger partial charge on any atom is -0.395 e. The number of rotatable bonds is 4. The van der Waals surface area contributed by atoms with Gasteiger partial charge >= 0.3 is 0 Å². The maximum absolute atomic E-state index is 8.93. The molecule has 4 heteroatoms. The van der Waals surface area contributed by atoms with Crippen molar-refractivity contribution in [3.63, 3.8) is 0 Å². The summed E-state index contributed by atoms with van der Waals surface area (Å²) in [4.78, 5) is 0. The van der Waals surface area contributed by atoms with Crippen molar-refractivity contribution in [2.45, 2.75) is 51.0 Å². The van der Waals surface area contributed by atoms with Crippen LogP contribution >= 0.6 is 0 Å². The molecule has 1 rings (SSSR count). The predicted octanol–water partition coefficient (Wildman–Crippen LogP) is -0.115. The smallest absolute Gasteiger partial charge is 0.0607 e. The van der Waals surface area contributed by atoms with Crippen molar-refractivity contribution in [2.24, 2.45) is 0 Å². The third kappa shape index (κ3) is 3.53. The van der Waals surface area contributed by atoms with E-state index in [2.05, 4.69) is 19.2 Å². The van der Waals surface area contributed by atoms with Crippen LogP contribution in [0.15, 0.2) is 0 Å². The molecule has 0 radical (unpaired) electrons. The van der Waals surface area contributed by atoms with Crippen LogP contribution < -0.4 is 5.32 Å². The minimum atomic E-state index is -0.197. The van der Waals surface area contributed by atoms with Gasteiger partial charge in [-0.3, -0.25) is 0 Å². The highest BCUT2D eigenvalue weighted by Crippen LogP contribution is 2.19. The lowest BCUT2D eigenvalue weighted by Crippen LogP contribution is -2.48. The molecule has 2 atom stereocenters. The monoisotopic (exact) mass is 203 g/mol. The van der Waals surface area contributed by atoms with Crippen LogP contribution in [0.25, 0.3) is 0 Å². The Hall–Kier alpha value is -0.160. The molecular weight excluding hydrogens is 182 g/mol. The Morgan fingerprint density at radius 3 is 2.14 bits per heavy atom. The zero-order chi connectivity index (χ0) is 10.6. The van der Waals surface area contributed by atoms with Gasteiger partial charge in [0, 0.05) is 6.04 Å². The molecule has 1 fully saturated rings. The van der Waals surface area contributed by atoms with Crippen molar-refractivity contribution in [3.8, 4) is 0 Å². The van der Waals surface area contributed by atoms with E-state index in [-0.39, 0.29) is 31.5 Å². The van der Waals surface area contributed by atoms with E-state index in [0.717, 1.165) is 12.8 Å². The fourth-order valence-corrected chi connectivity index (χ4v) is 2.04. The second-order valence-electron chi connectivity index (χ2n) is 4.15. The highest BCUT2D eigenvalue weighted by Gasteiger charge is 2.25. The molecular formula is C10H21NO3. The maximum atomic E-state index is 8.93. The molecule has 4 nitrogen and oxygen atoms in total. The fourth-order valence-electron chi connectivity index (χ4n) is 2.04. The summed E-state index contributed by atoms with van der Waals surface area (Å²) >= 11 is 0. The van der Waals surface area contributed by atoms with Gasteiger partial charge < -0.3 is 20.3 Å². The van der Waals surface area contributed by atoms with Gasteiger partial charge in [-0.15, -0.1) is 0 Å². The summed E-state index contributed by atoms with van der Waals surface area (Å²) in [5.41, 5.74) is 0.